The molecule has 1 aliphatic rings. The van der Waals surface area contributed by atoms with Crippen LogP contribution in [0, 0.1) is 10.1 Å². The summed E-state index contributed by atoms with van der Waals surface area (Å²) in [5.74, 6) is 0.429. The molecule has 4 rings (SSSR count). The first-order valence-electron chi connectivity index (χ1n) is 10.8. The molecule has 0 saturated carbocycles. The van der Waals surface area contributed by atoms with E-state index in [9.17, 15) is 14.9 Å². The van der Waals surface area contributed by atoms with E-state index in [1.54, 1.807) is 0 Å². The lowest BCUT2D eigenvalue weighted by Gasteiger charge is -2.23. The molecule has 1 amide bonds. The Labute approximate surface area is 200 Å². The Morgan fingerprint density at radius 2 is 2.03 bits per heavy atom. The van der Waals surface area contributed by atoms with E-state index in [0.717, 1.165) is 17.5 Å². The minimum Gasteiger partial charge on any atom is -0.493 e. The molecule has 0 radical (unpaired) electrons. The van der Waals surface area contributed by atoms with Gasteiger partial charge in [-0.1, -0.05) is 17.4 Å². The number of methoxy groups -OCH3 is 2. The van der Waals surface area contributed by atoms with Crippen LogP contribution in [0.25, 0.3) is 10.2 Å². The van der Waals surface area contributed by atoms with E-state index in [4.69, 9.17) is 18.9 Å². The first-order chi connectivity index (χ1) is 16.5. The molecule has 0 bridgehead atoms. The van der Waals surface area contributed by atoms with Gasteiger partial charge in [0.15, 0.2) is 16.6 Å². The molecule has 2 aromatic carbocycles. The summed E-state index contributed by atoms with van der Waals surface area (Å²) < 4.78 is 22.8. The summed E-state index contributed by atoms with van der Waals surface area (Å²) in [7, 11) is 2.79. The van der Waals surface area contributed by atoms with Gasteiger partial charge in [0.25, 0.3) is 11.6 Å². The monoisotopic (exact) mass is 487 g/mol. The van der Waals surface area contributed by atoms with E-state index in [1.165, 1.54) is 42.6 Å². The van der Waals surface area contributed by atoms with E-state index in [-0.39, 0.29) is 35.4 Å². The summed E-state index contributed by atoms with van der Waals surface area (Å²) in [5.41, 5.74) is 0.136. The van der Waals surface area contributed by atoms with E-state index < -0.39 is 10.8 Å². The molecular formula is C23H25N3O7S. The number of fused-ring (bicyclic) bond motifs is 1. The van der Waals surface area contributed by atoms with Crippen LogP contribution in [0.1, 0.15) is 30.1 Å². The normalized spacial score (nSPS) is 15.3. The predicted molar refractivity (Wildman–Crippen MR) is 128 cm³/mol. The van der Waals surface area contributed by atoms with E-state index in [1.807, 2.05) is 25.1 Å². The molecule has 0 N–H and O–H groups in total. The summed E-state index contributed by atoms with van der Waals surface area (Å²) in [6.07, 6.45) is 1.48. The molecule has 1 aromatic heterocycles. The van der Waals surface area contributed by atoms with Gasteiger partial charge in [0, 0.05) is 12.7 Å². The van der Waals surface area contributed by atoms with Crippen LogP contribution in [0.4, 0.5) is 10.8 Å². The van der Waals surface area contributed by atoms with Crippen molar-refractivity contribution in [2.24, 2.45) is 0 Å². The highest BCUT2D eigenvalue weighted by atomic mass is 32.1. The number of para-hydroxylation sites is 1. The van der Waals surface area contributed by atoms with E-state index in [2.05, 4.69) is 4.98 Å². The number of carbonyl (C=O) groups excluding carboxylic acids is 1. The molecular weight excluding hydrogens is 462 g/mol. The van der Waals surface area contributed by atoms with Gasteiger partial charge in [-0.25, -0.2) is 4.98 Å². The predicted octanol–water partition coefficient (Wildman–Crippen LogP) is 4.45. The summed E-state index contributed by atoms with van der Waals surface area (Å²) in [6.45, 7) is 3.18. The zero-order chi connectivity index (χ0) is 24.2. The first-order valence-corrected chi connectivity index (χ1v) is 11.6. The number of hydrogen-bond donors (Lipinski definition) is 0. The van der Waals surface area contributed by atoms with Crippen molar-refractivity contribution in [2.45, 2.75) is 25.9 Å². The molecule has 34 heavy (non-hydrogen) atoms. The van der Waals surface area contributed by atoms with Crippen molar-refractivity contribution in [3.05, 3.63) is 46.0 Å². The van der Waals surface area contributed by atoms with Gasteiger partial charge in [0.1, 0.15) is 16.8 Å². The Morgan fingerprint density at radius 1 is 1.26 bits per heavy atom. The molecule has 2 heterocycles. The van der Waals surface area contributed by atoms with Crippen LogP contribution in [-0.4, -0.2) is 55.9 Å². The lowest BCUT2D eigenvalue weighted by Crippen LogP contribution is -2.37. The van der Waals surface area contributed by atoms with Crippen LogP contribution >= 0.6 is 11.3 Å². The quantitative estimate of drug-likeness (QED) is 0.321. The number of hydrogen-bond acceptors (Lipinski definition) is 9. The second kappa shape index (κ2) is 10.2. The zero-order valence-corrected chi connectivity index (χ0v) is 19.9. The molecule has 1 atom stereocenters. The number of thiazole rings is 1. The zero-order valence-electron chi connectivity index (χ0n) is 19.1. The fourth-order valence-electron chi connectivity index (χ4n) is 3.87. The van der Waals surface area contributed by atoms with Crippen LogP contribution in [0.3, 0.4) is 0 Å². The number of nitro benzene ring substituents is 1. The van der Waals surface area contributed by atoms with Gasteiger partial charge in [-0.05, 0) is 31.9 Å². The molecule has 11 heteroatoms. The van der Waals surface area contributed by atoms with Crippen molar-refractivity contribution in [3.63, 3.8) is 0 Å². The molecule has 1 fully saturated rings. The van der Waals surface area contributed by atoms with Crippen molar-refractivity contribution in [1.29, 1.82) is 0 Å². The van der Waals surface area contributed by atoms with E-state index >= 15 is 0 Å². The standard InChI is InChI=1S/C23H25N3O7S/c1-4-32-17-8-5-9-20-21(17)24-23(34-20)25(13-14-7-6-10-33-14)22(27)15-11-18(30-2)19(31-3)12-16(15)26(28)29/h5,8-9,11-12,14H,4,6-7,10,13H2,1-3H3. The van der Waals surface area contributed by atoms with Crippen LogP contribution in [0.5, 0.6) is 17.2 Å². The number of amides is 1. The van der Waals surface area contributed by atoms with Gasteiger partial charge in [-0.15, -0.1) is 0 Å². The number of aromatic nitrogens is 1. The fourth-order valence-corrected chi connectivity index (χ4v) is 4.87. The average Bonchev–Trinajstić information content (AvgIpc) is 3.51. The van der Waals surface area contributed by atoms with Gasteiger partial charge in [0.05, 0.1) is 49.2 Å². The van der Waals surface area contributed by atoms with Gasteiger partial charge in [0.2, 0.25) is 0 Å². The molecule has 0 aliphatic carbocycles. The second-order valence-corrected chi connectivity index (χ2v) is 8.57. The maximum absolute atomic E-state index is 13.8. The Kier molecular flexibility index (Phi) is 7.13. The molecule has 1 saturated heterocycles. The number of nitro groups is 1. The third-order valence-electron chi connectivity index (χ3n) is 5.49. The largest absolute Gasteiger partial charge is 0.493 e. The Hall–Kier alpha value is -3.44. The van der Waals surface area contributed by atoms with Crippen LogP contribution in [0.2, 0.25) is 0 Å². The Bertz CT molecular complexity index is 1210. The maximum atomic E-state index is 13.8. The summed E-state index contributed by atoms with van der Waals surface area (Å²) in [5, 5.41) is 12.2. The van der Waals surface area contributed by atoms with Gasteiger partial charge in [-0.3, -0.25) is 19.8 Å². The fraction of sp³-hybridized carbons (Fsp3) is 0.391. The lowest BCUT2D eigenvalue weighted by atomic mass is 10.1. The average molecular weight is 488 g/mol. The minimum absolute atomic E-state index is 0.120. The van der Waals surface area contributed by atoms with E-state index in [0.29, 0.717) is 29.6 Å². The summed E-state index contributed by atoms with van der Waals surface area (Å²) in [4.78, 5) is 31.2. The molecule has 1 aliphatic heterocycles. The summed E-state index contributed by atoms with van der Waals surface area (Å²) >= 11 is 1.32. The molecule has 10 nitrogen and oxygen atoms in total. The van der Waals surface area contributed by atoms with Gasteiger partial charge >= 0.3 is 0 Å². The van der Waals surface area contributed by atoms with Crippen molar-refractivity contribution in [2.75, 3.05) is 38.9 Å². The van der Waals surface area contributed by atoms with Gasteiger partial charge < -0.3 is 18.9 Å². The number of anilines is 1. The van der Waals surface area contributed by atoms with Crippen molar-refractivity contribution in [1.82, 2.24) is 4.98 Å². The Balaban J connectivity index is 1.82. The molecule has 1 unspecified atom stereocenters. The van der Waals surface area contributed by atoms with Crippen molar-refractivity contribution in [3.8, 4) is 17.2 Å². The number of carbonyl (C=O) groups is 1. The molecule has 0 spiro atoms. The lowest BCUT2D eigenvalue weighted by molar-refractivity contribution is -0.385. The number of ether oxygens (including phenoxy) is 4. The highest BCUT2D eigenvalue weighted by Crippen LogP contribution is 2.38. The first kappa shape index (κ1) is 23.7. The second-order valence-electron chi connectivity index (χ2n) is 7.56. The van der Waals surface area contributed by atoms with Crippen molar-refractivity contribution >= 4 is 38.3 Å². The minimum atomic E-state index is -0.606. The van der Waals surface area contributed by atoms with Crippen LogP contribution in [0.15, 0.2) is 30.3 Å². The molecule has 3 aromatic rings. The number of benzene rings is 2. The van der Waals surface area contributed by atoms with Crippen LogP contribution < -0.4 is 19.1 Å². The number of nitrogens with zero attached hydrogens (tertiary/aromatic N) is 3. The summed E-state index contributed by atoms with van der Waals surface area (Å²) in [6, 6.07) is 8.11. The topological polar surface area (TPSA) is 113 Å². The third kappa shape index (κ3) is 4.62. The third-order valence-corrected chi connectivity index (χ3v) is 6.53. The SMILES string of the molecule is CCOc1cccc2sc(N(CC3CCCO3)C(=O)c3cc(OC)c(OC)cc3[N+](=O)[O-])nc12. The maximum Gasteiger partial charge on any atom is 0.286 e. The highest BCUT2D eigenvalue weighted by molar-refractivity contribution is 7.22. The van der Waals surface area contributed by atoms with Gasteiger partial charge in [-0.2, -0.15) is 0 Å². The number of rotatable bonds is 9. The Morgan fingerprint density at radius 3 is 2.68 bits per heavy atom. The molecule has 180 valence electrons. The van der Waals surface area contributed by atoms with Crippen molar-refractivity contribution < 1.29 is 28.7 Å². The highest BCUT2D eigenvalue weighted by Gasteiger charge is 2.33. The van der Waals surface area contributed by atoms with Crippen LogP contribution in [-0.2, 0) is 4.74 Å². The smallest absolute Gasteiger partial charge is 0.286 e.